The molecule has 1 aromatic rings. The smallest absolute Gasteiger partial charge is 0.333 e. The lowest BCUT2D eigenvalue weighted by molar-refractivity contribution is -0.155. The Labute approximate surface area is 145 Å². The first-order chi connectivity index (χ1) is 11.9. The van der Waals surface area contributed by atoms with Crippen LogP contribution in [0.25, 0.3) is 0 Å². The van der Waals surface area contributed by atoms with E-state index in [4.69, 9.17) is 0 Å². The van der Waals surface area contributed by atoms with Crippen molar-refractivity contribution in [3.63, 3.8) is 0 Å². The van der Waals surface area contributed by atoms with Crippen molar-refractivity contribution < 1.29 is 18.0 Å². The third kappa shape index (κ3) is 4.70. The molecule has 1 amide bonds. The first kappa shape index (κ1) is 18.1. The van der Waals surface area contributed by atoms with E-state index < -0.39 is 12.7 Å². The predicted molar refractivity (Wildman–Crippen MR) is 86.8 cm³/mol. The second-order valence-corrected chi connectivity index (χ2v) is 6.73. The number of rotatable bonds is 3. The monoisotopic (exact) mass is 356 g/mol. The van der Waals surface area contributed by atoms with Gasteiger partial charge in [-0.3, -0.25) is 14.7 Å². The maximum absolute atomic E-state index is 13.0. The van der Waals surface area contributed by atoms with Gasteiger partial charge in [0.25, 0.3) is 0 Å². The molecule has 138 valence electrons. The molecule has 8 heteroatoms. The Morgan fingerprint density at radius 1 is 1.36 bits per heavy atom. The highest BCUT2D eigenvalue weighted by atomic mass is 19.4. The van der Waals surface area contributed by atoms with Gasteiger partial charge in [0, 0.05) is 38.6 Å². The molecule has 0 aromatic carbocycles. The molecule has 2 aliphatic heterocycles. The lowest BCUT2D eigenvalue weighted by atomic mass is 9.94. The van der Waals surface area contributed by atoms with Gasteiger partial charge in [-0.2, -0.15) is 13.2 Å². The molecule has 2 fully saturated rings. The van der Waals surface area contributed by atoms with E-state index in [-0.39, 0.29) is 24.4 Å². The van der Waals surface area contributed by atoms with E-state index in [1.165, 1.54) is 4.90 Å². The number of likely N-dealkylation sites (tertiary alicyclic amines) is 1. The van der Waals surface area contributed by atoms with E-state index in [9.17, 15) is 18.0 Å². The maximum Gasteiger partial charge on any atom is 0.401 e. The first-order valence-electron chi connectivity index (χ1n) is 8.64. The van der Waals surface area contributed by atoms with Gasteiger partial charge < -0.3 is 10.2 Å². The van der Waals surface area contributed by atoms with Crippen molar-refractivity contribution in [3.8, 4) is 0 Å². The van der Waals surface area contributed by atoms with Crippen LogP contribution in [0.3, 0.4) is 0 Å². The zero-order valence-corrected chi connectivity index (χ0v) is 14.0. The van der Waals surface area contributed by atoms with Crippen molar-refractivity contribution in [2.75, 3.05) is 39.3 Å². The summed E-state index contributed by atoms with van der Waals surface area (Å²) in [6.07, 6.45) is 0.474. The molecule has 5 nitrogen and oxygen atoms in total. The molecule has 3 rings (SSSR count). The standard InChI is InChI=1S/C17H23F3N4O/c18-17(19,20)12-23-7-2-4-14(11-23)16(25)24-8-6-22-10-15(24)13-3-1-5-21-9-13/h1,3,5,9,14-15,22H,2,4,6-8,10-12H2. The van der Waals surface area contributed by atoms with E-state index in [0.717, 1.165) is 5.56 Å². The SMILES string of the molecule is O=C(C1CCCN(CC(F)(F)F)C1)N1CCNCC1c1cccnc1. The van der Waals surface area contributed by atoms with Crippen molar-refractivity contribution in [3.05, 3.63) is 30.1 Å². The Morgan fingerprint density at radius 2 is 2.20 bits per heavy atom. The van der Waals surface area contributed by atoms with Crippen molar-refractivity contribution in [2.24, 2.45) is 5.92 Å². The second-order valence-electron chi connectivity index (χ2n) is 6.73. The van der Waals surface area contributed by atoms with E-state index >= 15 is 0 Å². The number of piperazine rings is 1. The molecule has 0 bridgehead atoms. The number of aromatic nitrogens is 1. The van der Waals surface area contributed by atoms with Crippen LogP contribution < -0.4 is 5.32 Å². The molecule has 3 heterocycles. The van der Waals surface area contributed by atoms with Gasteiger partial charge in [-0.1, -0.05) is 6.07 Å². The van der Waals surface area contributed by atoms with Crippen LogP contribution in [0.1, 0.15) is 24.4 Å². The van der Waals surface area contributed by atoms with Crippen LogP contribution in [0.2, 0.25) is 0 Å². The zero-order valence-electron chi connectivity index (χ0n) is 14.0. The van der Waals surface area contributed by atoms with Crippen LogP contribution in [0, 0.1) is 5.92 Å². The molecule has 1 N–H and O–H groups in total. The van der Waals surface area contributed by atoms with E-state index in [0.29, 0.717) is 39.0 Å². The van der Waals surface area contributed by atoms with Crippen molar-refractivity contribution in [1.82, 2.24) is 20.1 Å². The fraction of sp³-hybridized carbons (Fsp3) is 0.647. The zero-order chi connectivity index (χ0) is 17.9. The third-order valence-corrected chi connectivity index (χ3v) is 4.85. The number of hydrogen-bond acceptors (Lipinski definition) is 4. The van der Waals surface area contributed by atoms with Gasteiger partial charge in [0.2, 0.25) is 5.91 Å². The van der Waals surface area contributed by atoms with Crippen molar-refractivity contribution in [2.45, 2.75) is 25.1 Å². The topological polar surface area (TPSA) is 48.5 Å². The summed E-state index contributed by atoms with van der Waals surface area (Å²) in [5, 5.41) is 3.28. The van der Waals surface area contributed by atoms with Gasteiger partial charge in [0.1, 0.15) is 0 Å². The fourth-order valence-electron chi connectivity index (χ4n) is 3.73. The molecule has 0 saturated carbocycles. The molecule has 1 aromatic heterocycles. The van der Waals surface area contributed by atoms with Crippen LogP contribution in [-0.2, 0) is 4.79 Å². The number of pyridine rings is 1. The number of halogens is 3. The Kier molecular flexibility index (Phi) is 5.58. The molecule has 0 spiro atoms. The number of carbonyl (C=O) groups excluding carboxylic acids is 1. The molecule has 2 saturated heterocycles. The van der Waals surface area contributed by atoms with Gasteiger partial charge in [0.05, 0.1) is 18.5 Å². The Hall–Kier alpha value is -1.67. The summed E-state index contributed by atoms with van der Waals surface area (Å²) >= 11 is 0. The molecule has 25 heavy (non-hydrogen) atoms. The summed E-state index contributed by atoms with van der Waals surface area (Å²) in [7, 11) is 0. The number of alkyl halides is 3. The Morgan fingerprint density at radius 3 is 2.92 bits per heavy atom. The minimum Gasteiger partial charge on any atom is -0.333 e. The minimum absolute atomic E-state index is 0.0396. The predicted octanol–water partition coefficient (Wildman–Crippen LogP) is 1.83. The second kappa shape index (κ2) is 7.70. The number of hydrogen-bond donors (Lipinski definition) is 1. The van der Waals surface area contributed by atoms with Gasteiger partial charge in [-0.25, -0.2) is 0 Å². The number of amides is 1. The van der Waals surface area contributed by atoms with Crippen LogP contribution in [0.4, 0.5) is 13.2 Å². The van der Waals surface area contributed by atoms with Crippen molar-refractivity contribution >= 4 is 5.91 Å². The van der Waals surface area contributed by atoms with Gasteiger partial charge in [-0.05, 0) is 31.0 Å². The number of nitrogens with one attached hydrogen (secondary N) is 1. The van der Waals surface area contributed by atoms with Crippen LogP contribution in [0.5, 0.6) is 0 Å². The van der Waals surface area contributed by atoms with E-state index in [2.05, 4.69) is 10.3 Å². The van der Waals surface area contributed by atoms with E-state index in [1.54, 1.807) is 12.4 Å². The number of carbonyl (C=O) groups is 1. The van der Waals surface area contributed by atoms with Gasteiger partial charge >= 0.3 is 6.18 Å². The van der Waals surface area contributed by atoms with Crippen LogP contribution in [-0.4, -0.2) is 66.1 Å². The summed E-state index contributed by atoms with van der Waals surface area (Å²) in [5.74, 6) is -0.407. The van der Waals surface area contributed by atoms with Gasteiger partial charge in [-0.15, -0.1) is 0 Å². The molecular weight excluding hydrogens is 333 g/mol. The van der Waals surface area contributed by atoms with Crippen LogP contribution in [0.15, 0.2) is 24.5 Å². The normalized spacial score (nSPS) is 25.8. The number of nitrogens with zero attached hydrogens (tertiary/aromatic N) is 3. The molecule has 0 radical (unpaired) electrons. The molecule has 2 unspecified atom stereocenters. The van der Waals surface area contributed by atoms with E-state index in [1.807, 2.05) is 17.0 Å². The molecule has 2 atom stereocenters. The summed E-state index contributed by atoms with van der Waals surface area (Å²) in [6, 6.07) is 3.65. The molecular formula is C17H23F3N4O. The first-order valence-corrected chi connectivity index (χ1v) is 8.64. The fourth-order valence-corrected chi connectivity index (χ4v) is 3.73. The average molecular weight is 356 g/mol. The quantitative estimate of drug-likeness (QED) is 0.898. The highest BCUT2D eigenvalue weighted by molar-refractivity contribution is 5.80. The summed E-state index contributed by atoms with van der Waals surface area (Å²) in [5.41, 5.74) is 0.950. The largest absolute Gasteiger partial charge is 0.401 e. The molecule has 0 aliphatic carbocycles. The lowest BCUT2D eigenvalue weighted by Gasteiger charge is -2.40. The highest BCUT2D eigenvalue weighted by Gasteiger charge is 2.37. The Bertz CT molecular complexity index is 581. The summed E-state index contributed by atoms with van der Waals surface area (Å²) < 4.78 is 38.0. The highest BCUT2D eigenvalue weighted by Crippen LogP contribution is 2.28. The minimum atomic E-state index is -4.22. The molecule has 2 aliphatic rings. The summed E-state index contributed by atoms with van der Waals surface area (Å²) in [6.45, 7) is 1.54. The Balaban J connectivity index is 1.69. The average Bonchev–Trinajstić information content (AvgIpc) is 2.61. The summed E-state index contributed by atoms with van der Waals surface area (Å²) in [4.78, 5) is 20.3. The lowest BCUT2D eigenvalue weighted by Crippen LogP contribution is -2.53. The number of piperidine rings is 1. The third-order valence-electron chi connectivity index (χ3n) is 4.85. The maximum atomic E-state index is 13.0. The van der Waals surface area contributed by atoms with Crippen molar-refractivity contribution in [1.29, 1.82) is 0 Å². The van der Waals surface area contributed by atoms with Gasteiger partial charge in [0.15, 0.2) is 0 Å². The van der Waals surface area contributed by atoms with Crippen LogP contribution >= 0.6 is 0 Å².